The Balaban J connectivity index is 0.000000276. The molecule has 0 amide bonds. The number of carbonyl (C=O) groups is 4. The molecule has 0 aliphatic carbocycles. The van der Waals surface area contributed by atoms with Crippen LogP contribution in [0.2, 0.25) is 0 Å². The van der Waals surface area contributed by atoms with Gasteiger partial charge in [0, 0.05) is 35.0 Å². The van der Waals surface area contributed by atoms with Crippen molar-refractivity contribution in [1.29, 1.82) is 0 Å². The van der Waals surface area contributed by atoms with Gasteiger partial charge in [-0.05, 0) is 55.4 Å². The van der Waals surface area contributed by atoms with Gasteiger partial charge in [0.15, 0.2) is 5.78 Å². The van der Waals surface area contributed by atoms with Crippen molar-refractivity contribution in [2.45, 2.75) is 52.4 Å². The van der Waals surface area contributed by atoms with Crippen LogP contribution in [0.5, 0.6) is 0 Å². The summed E-state index contributed by atoms with van der Waals surface area (Å²) in [6.07, 6.45) is 7.68. The van der Waals surface area contributed by atoms with E-state index in [1.165, 1.54) is 11.1 Å². The van der Waals surface area contributed by atoms with Crippen molar-refractivity contribution in [3.63, 3.8) is 0 Å². The first-order chi connectivity index (χ1) is 22.5. The highest BCUT2D eigenvalue weighted by molar-refractivity contribution is 5.96. The Bertz CT molecular complexity index is 1300. The van der Waals surface area contributed by atoms with Gasteiger partial charge in [-0.25, -0.2) is 14.4 Å². The van der Waals surface area contributed by atoms with Gasteiger partial charge in [0.2, 0.25) is 0 Å². The number of rotatable bonds is 16. The van der Waals surface area contributed by atoms with Gasteiger partial charge in [-0.1, -0.05) is 63.4 Å². The number of ketones is 1. The van der Waals surface area contributed by atoms with Gasteiger partial charge >= 0.3 is 17.9 Å². The number of aliphatic hydroxyl groups is 1. The van der Waals surface area contributed by atoms with Crippen LogP contribution in [0, 0.1) is 10.8 Å². The molecular weight excluding hydrogens is 604 g/mol. The molecule has 256 valence electrons. The number of carbonyl (C=O) groups excluding carboxylic acids is 3. The molecule has 2 aliphatic heterocycles. The molecule has 0 aromatic heterocycles. The molecule has 47 heavy (non-hydrogen) atoms. The lowest BCUT2D eigenvalue weighted by molar-refractivity contribution is -0.139. The van der Waals surface area contributed by atoms with Gasteiger partial charge in [-0.2, -0.15) is 0 Å². The predicted octanol–water partition coefficient (Wildman–Crippen LogP) is 5.41. The van der Waals surface area contributed by atoms with E-state index in [1.807, 2.05) is 36.4 Å². The third kappa shape index (κ3) is 14.0. The number of benzene rings is 2. The summed E-state index contributed by atoms with van der Waals surface area (Å²) in [6, 6.07) is 14.8. The number of aliphatic hydroxyl groups excluding tert-OH is 1. The van der Waals surface area contributed by atoms with Crippen molar-refractivity contribution in [1.82, 2.24) is 0 Å². The molecule has 0 saturated carbocycles. The fourth-order valence-corrected chi connectivity index (χ4v) is 4.69. The summed E-state index contributed by atoms with van der Waals surface area (Å²) in [4.78, 5) is 43.7. The maximum Gasteiger partial charge on any atom is 0.335 e. The Morgan fingerprint density at radius 2 is 1.28 bits per heavy atom. The monoisotopic (exact) mass is 652 g/mol. The number of esters is 2. The largest absolute Gasteiger partial charge is 0.478 e. The molecule has 0 unspecified atom stereocenters. The number of hydrogen-bond acceptors (Lipinski definition) is 9. The van der Waals surface area contributed by atoms with Crippen LogP contribution in [0.1, 0.15) is 71.4 Å². The van der Waals surface area contributed by atoms with E-state index in [1.54, 1.807) is 12.1 Å². The van der Waals surface area contributed by atoms with Crippen molar-refractivity contribution < 1.29 is 48.3 Å². The van der Waals surface area contributed by atoms with Gasteiger partial charge < -0.3 is 29.2 Å². The molecule has 2 heterocycles. The van der Waals surface area contributed by atoms with E-state index in [0.29, 0.717) is 22.0 Å². The summed E-state index contributed by atoms with van der Waals surface area (Å²) in [7, 11) is 0. The zero-order chi connectivity index (χ0) is 34.7. The molecule has 2 aromatic carbocycles. The fourth-order valence-electron chi connectivity index (χ4n) is 4.69. The SMILES string of the molecule is C=CC(=O)OCCC(=O)c1ccc(CCC2(CC)COC2)cc1.C=CC(=O)OCCO.CC1(CCc2ccc(C(=O)O)cc2)COC1. The van der Waals surface area contributed by atoms with Crippen LogP contribution in [0.15, 0.2) is 73.8 Å². The third-order valence-electron chi connectivity index (χ3n) is 8.15. The number of hydrogen-bond donors (Lipinski definition) is 2. The minimum atomic E-state index is -0.870. The first-order valence-corrected chi connectivity index (χ1v) is 15.8. The van der Waals surface area contributed by atoms with Crippen molar-refractivity contribution in [3.8, 4) is 0 Å². The highest BCUT2D eigenvalue weighted by Crippen LogP contribution is 2.36. The Hall–Kier alpha value is -4.12. The molecule has 0 bridgehead atoms. The van der Waals surface area contributed by atoms with E-state index in [-0.39, 0.29) is 32.0 Å². The molecule has 0 radical (unpaired) electrons. The highest BCUT2D eigenvalue weighted by atomic mass is 16.5. The Morgan fingerprint density at radius 3 is 1.68 bits per heavy atom. The van der Waals surface area contributed by atoms with Crippen LogP contribution >= 0.6 is 0 Å². The number of ether oxygens (including phenoxy) is 4. The Kier molecular flexibility index (Phi) is 16.8. The number of aromatic carboxylic acids is 1. The van der Waals surface area contributed by atoms with Crippen LogP contribution in [-0.4, -0.2) is 80.2 Å². The average molecular weight is 653 g/mol. The normalized spacial score (nSPS) is 15.0. The highest BCUT2D eigenvalue weighted by Gasteiger charge is 2.36. The third-order valence-corrected chi connectivity index (χ3v) is 8.15. The van der Waals surface area contributed by atoms with Crippen LogP contribution in [0.25, 0.3) is 0 Å². The van der Waals surface area contributed by atoms with E-state index in [2.05, 4.69) is 31.7 Å². The Morgan fingerprint density at radius 1 is 0.787 bits per heavy atom. The number of aryl methyl sites for hydroxylation is 2. The summed E-state index contributed by atoms with van der Waals surface area (Å²) in [5.74, 6) is -1.89. The van der Waals surface area contributed by atoms with E-state index in [0.717, 1.165) is 70.7 Å². The van der Waals surface area contributed by atoms with Crippen LogP contribution in [-0.2, 0) is 41.4 Å². The minimum Gasteiger partial charge on any atom is -0.478 e. The van der Waals surface area contributed by atoms with E-state index in [9.17, 15) is 19.2 Å². The molecule has 2 fully saturated rings. The van der Waals surface area contributed by atoms with E-state index < -0.39 is 17.9 Å². The van der Waals surface area contributed by atoms with E-state index in [4.69, 9.17) is 24.4 Å². The number of Topliss-reactive ketones (excluding diaryl/α,β-unsaturated/α-hetero) is 1. The smallest absolute Gasteiger partial charge is 0.335 e. The molecule has 0 spiro atoms. The molecule has 10 heteroatoms. The van der Waals surface area contributed by atoms with Crippen LogP contribution in [0.3, 0.4) is 0 Å². The maximum absolute atomic E-state index is 12.0. The molecule has 0 atom stereocenters. The average Bonchev–Trinajstić information content (AvgIpc) is 3.06. The summed E-state index contributed by atoms with van der Waals surface area (Å²) in [6.45, 7) is 14.3. The summed E-state index contributed by atoms with van der Waals surface area (Å²) in [5, 5.41) is 16.9. The molecule has 2 N–H and O–H groups in total. The predicted molar refractivity (Wildman–Crippen MR) is 177 cm³/mol. The second-order valence-corrected chi connectivity index (χ2v) is 12.0. The first kappa shape index (κ1) is 39.1. The maximum atomic E-state index is 12.0. The van der Waals surface area contributed by atoms with Gasteiger partial charge in [0.05, 0.1) is 45.2 Å². The standard InChI is InChI=1S/C19H24O4.C13H16O3.C5H8O3/c1-3-18(21)23-12-10-17(20)16-7-5-15(6-8-16)9-11-19(4-2)13-22-14-19;1-13(8-16-9-13)7-6-10-2-4-11(5-3-10)12(14)15;1-2-5(7)8-4-3-6/h3,5-8H,1,4,9-14H2,2H3;2-5H,6-9H2,1H3,(H,14,15);2,6H,1,3-4H2. The molecule has 2 saturated heterocycles. The van der Waals surface area contributed by atoms with E-state index >= 15 is 0 Å². The number of carboxylic acid groups (broad SMARTS) is 1. The quantitative estimate of drug-likeness (QED) is 0.137. The van der Waals surface area contributed by atoms with Crippen molar-refractivity contribution in [2.24, 2.45) is 10.8 Å². The first-order valence-electron chi connectivity index (χ1n) is 15.8. The van der Waals surface area contributed by atoms with Gasteiger partial charge in [0.25, 0.3) is 0 Å². The summed E-state index contributed by atoms with van der Waals surface area (Å²) < 4.78 is 19.7. The number of carboxylic acids is 1. The Labute approximate surface area is 277 Å². The van der Waals surface area contributed by atoms with Gasteiger partial charge in [-0.3, -0.25) is 4.79 Å². The molecular formula is C37H48O10. The van der Waals surface area contributed by atoms with Crippen molar-refractivity contribution in [3.05, 3.63) is 96.1 Å². The molecule has 2 aromatic rings. The molecule has 4 rings (SSSR count). The lowest BCUT2D eigenvalue weighted by atomic mass is 9.78. The lowest BCUT2D eigenvalue weighted by Crippen LogP contribution is -2.42. The van der Waals surface area contributed by atoms with Crippen molar-refractivity contribution >= 4 is 23.7 Å². The second kappa shape index (κ2) is 20.2. The minimum absolute atomic E-state index is 0.0224. The van der Waals surface area contributed by atoms with Gasteiger partial charge in [0.1, 0.15) is 6.61 Å². The topological polar surface area (TPSA) is 146 Å². The second-order valence-electron chi connectivity index (χ2n) is 12.0. The lowest BCUT2D eigenvalue weighted by Gasteiger charge is -2.41. The van der Waals surface area contributed by atoms with Gasteiger partial charge in [-0.15, -0.1) is 0 Å². The zero-order valence-electron chi connectivity index (χ0n) is 27.5. The van der Waals surface area contributed by atoms with Crippen LogP contribution < -0.4 is 0 Å². The summed E-state index contributed by atoms with van der Waals surface area (Å²) >= 11 is 0. The fraction of sp³-hybridized carbons (Fsp3) is 0.459. The van der Waals surface area contributed by atoms with Crippen molar-refractivity contribution in [2.75, 3.05) is 46.2 Å². The molecule has 2 aliphatic rings. The zero-order valence-corrected chi connectivity index (χ0v) is 27.5. The van der Waals surface area contributed by atoms with Crippen LogP contribution in [0.4, 0.5) is 0 Å². The summed E-state index contributed by atoms with van der Waals surface area (Å²) in [5.41, 5.74) is 4.11. The molecule has 10 nitrogen and oxygen atoms in total.